The summed E-state index contributed by atoms with van der Waals surface area (Å²) in [6.07, 6.45) is 1.95. The van der Waals surface area contributed by atoms with E-state index in [1.54, 1.807) is 0 Å². The monoisotopic (exact) mass is 200 g/mol. The van der Waals surface area contributed by atoms with Crippen molar-refractivity contribution in [2.75, 3.05) is 6.61 Å². The number of fused-ring (bicyclic) bond motifs is 1. The average Bonchev–Trinajstić information content (AvgIpc) is 2.46. The maximum atomic E-state index is 6.14. The van der Waals surface area contributed by atoms with E-state index in [2.05, 4.69) is 12.0 Å². The topological polar surface area (TPSA) is 27.1 Å². The van der Waals surface area contributed by atoms with Crippen molar-refractivity contribution in [2.24, 2.45) is 0 Å². The number of nitrogens with zero attached hydrogens (tertiary/aromatic N) is 2. The molecule has 0 amide bonds. The fraction of sp³-hybridized carbons (Fsp3) is 0.667. The van der Waals surface area contributed by atoms with Gasteiger partial charge < -0.3 is 4.74 Å². The van der Waals surface area contributed by atoms with Crippen molar-refractivity contribution in [3.05, 3.63) is 16.4 Å². The standard InChI is InChI=1S/C9H13ClN2O/c1-2-4-12-9(10)7-6-13-5-3-8(7)11-12/h2-6H2,1H3. The summed E-state index contributed by atoms with van der Waals surface area (Å²) in [4.78, 5) is 0. The van der Waals surface area contributed by atoms with Crippen LogP contribution in [0, 0.1) is 0 Å². The Morgan fingerprint density at radius 1 is 1.62 bits per heavy atom. The van der Waals surface area contributed by atoms with Gasteiger partial charge in [-0.2, -0.15) is 5.10 Å². The molecule has 2 heterocycles. The maximum Gasteiger partial charge on any atom is 0.132 e. The third kappa shape index (κ3) is 1.58. The normalized spacial score (nSPS) is 15.8. The van der Waals surface area contributed by atoms with Crippen LogP contribution in [0.1, 0.15) is 24.6 Å². The van der Waals surface area contributed by atoms with Crippen molar-refractivity contribution in [1.29, 1.82) is 0 Å². The Morgan fingerprint density at radius 2 is 2.46 bits per heavy atom. The van der Waals surface area contributed by atoms with Crippen molar-refractivity contribution < 1.29 is 4.74 Å². The maximum absolute atomic E-state index is 6.14. The van der Waals surface area contributed by atoms with Crippen LogP contribution in [0.5, 0.6) is 0 Å². The molecular weight excluding hydrogens is 188 g/mol. The van der Waals surface area contributed by atoms with Gasteiger partial charge in [-0.3, -0.25) is 4.68 Å². The number of rotatable bonds is 2. The molecule has 0 saturated carbocycles. The lowest BCUT2D eigenvalue weighted by Gasteiger charge is -2.09. The predicted octanol–water partition coefficient (Wildman–Crippen LogP) is 2.02. The van der Waals surface area contributed by atoms with Crippen molar-refractivity contribution in [2.45, 2.75) is 32.9 Å². The molecule has 0 saturated heterocycles. The van der Waals surface area contributed by atoms with E-state index >= 15 is 0 Å². The first kappa shape index (κ1) is 9.03. The Balaban J connectivity index is 2.33. The van der Waals surface area contributed by atoms with Gasteiger partial charge in [0.1, 0.15) is 5.15 Å². The molecule has 2 rings (SSSR count). The van der Waals surface area contributed by atoms with E-state index in [-0.39, 0.29) is 0 Å². The highest BCUT2D eigenvalue weighted by molar-refractivity contribution is 6.30. The molecule has 0 fully saturated rings. The number of halogens is 1. The second-order valence-corrected chi connectivity index (χ2v) is 3.60. The first-order valence-corrected chi connectivity index (χ1v) is 5.02. The van der Waals surface area contributed by atoms with Gasteiger partial charge in [-0.05, 0) is 6.42 Å². The molecule has 0 spiro atoms. The first-order chi connectivity index (χ1) is 6.33. The molecule has 0 unspecified atom stereocenters. The third-order valence-corrected chi connectivity index (χ3v) is 2.65. The van der Waals surface area contributed by atoms with Gasteiger partial charge in [0.25, 0.3) is 0 Å². The molecule has 0 N–H and O–H groups in total. The van der Waals surface area contributed by atoms with E-state index < -0.39 is 0 Å². The Kier molecular flexibility index (Phi) is 2.56. The van der Waals surface area contributed by atoms with Crippen LogP contribution in [0.4, 0.5) is 0 Å². The number of aromatic nitrogens is 2. The minimum absolute atomic E-state index is 0.623. The molecule has 0 radical (unpaired) electrons. The smallest absolute Gasteiger partial charge is 0.132 e. The highest BCUT2D eigenvalue weighted by atomic mass is 35.5. The Morgan fingerprint density at radius 3 is 3.15 bits per heavy atom. The van der Waals surface area contributed by atoms with Crippen LogP contribution in [-0.4, -0.2) is 16.4 Å². The van der Waals surface area contributed by atoms with Crippen molar-refractivity contribution in [1.82, 2.24) is 9.78 Å². The molecule has 1 aromatic rings. The zero-order valence-electron chi connectivity index (χ0n) is 7.72. The van der Waals surface area contributed by atoms with Gasteiger partial charge in [-0.25, -0.2) is 0 Å². The SMILES string of the molecule is CCCn1nc2c(c1Cl)COCC2. The Hall–Kier alpha value is -0.540. The van der Waals surface area contributed by atoms with Crippen LogP contribution in [-0.2, 0) is 24.3 Å². The highest BCUT2D eigenvalue weighted by Gasteiger charge is 2.18. The van der Waals surface area contributed by atoms with E-state index in [0.717, 1.165) is 42.4 Å². The van der Waals surface area contributed by atoms with Gasteiger partial charge in [0.15, 0.2) is 0 Å². The second-order valence-electron chi connectivity index (χ2n) is 3.24. The summed E-state index contributed by atoms with van der Waals surface area (Å²) in [7, 11) is 0. The summed E-state index contributed by atoms with van der Waals surface area (Å²) in [6.45, 7) is 4.41. The first-order valence-electron chi connectivity index (χ1n) is 4.64. The molecule has 72 valence electrons. The van der Waals surface area contributed by atoms with E-state index in [4.69, 9.17) is 16.3 Å². The molecule has 0 aromatic carbocycles. The van der Waals surface area contributed by atoms with Crippen LogP contribution in [0.15, 0.2) is 0 Å². The van der Waals surface area contributed by atoms with Crippen molar-refractivity contribution >= 4 is 11.6 Å². The quantitative estimate of drug-likeness (QED) is 0.731. The summed E-state index contributed by atoms with van der Waals surface area (Å²) in [5.41, 5.74) is 2.20. The fourth-order valence-electron chi connectivity index (χ4n) is 1.57. The minimum atomic E-state index is 0.623. The minimum Gasteiger partial charge on any atom is -0.376 e. The van der Waals surface area contributed by atoms with Crippen LogP contribution < -0.4 is 0 Å². The molecular formula is C9H13ClN2O. The molecule has 1 aliphatic heterocycles. The molecule has 4 heteroatoms. The Labute approximate surface area is 82.6 Å². The number of aryl methyl sites for hydroxylation is 1. The molecule has 0 bridgehead atoms. The van der Waals surface area contributed by atoms with Gasteiger partial charge in [-0.15, -0.1) is 0 Å². The van der Waals surface area contributed by atoms with E-state index in [0.29, 0.717) is 6.61 Å². The molecule has 0 aliphatic carbocycles. The van der Waals surface area contributed by atoms with Gasteiger partial charge in [0.05, 0.1) is 18.9 Å². The number of ether oxygens (including phenoxy) is 1. The summed E-state index contributed by atoms with van der Waals surface area (Å²) in [6, 6.07) is 0. The largest absolute Gasteiger partial charge is 0.376 e. The molecule has 3 nitrogen and oxygen atoms in total. The van der Waals surface area contributed by atoms with Crippen molar-refractivity contribution in [3.8, 4) is 0 Å². The van der Waals surface area contributed by atoms with Crippen LogP contribution in [0.3, 0.4) is 0 Å². The lowest BCUT2D eigenvalue weighted by atomic mass is 10.2. The second kappa shape index (κ2) is 3.68. The van der Waals surface area contributed by atoms with Crippen molar-refractivity contribution in [3.63, 3.8) is 0 Å². The van der Waals surface area contributed by atoms with Crippen LogP contribution >= 0.6 is 11.6 Å². The number of hydrogen-bond donors (Lipinski definition) is 0. The van der Waals surface area contributed by atoms with Crippen LogP contribution in [0.2, 0.25) is 5.15 Å². The van der Waals surface area contributed by atoms with E-state index in [9.17, 15) is 0 Å². The summed E-state index contributed by atoms with van der Waals surface area (Å²) < 4.78 is 7.21. The average molecular weight is 201 g/mol. The summed E-state index contributed by atoms with van der Waals surface area (Å²) in [5, 5.41) is 5.21. The molecule has 13 heavy (non-hydrogen) atoms. The lowest BCUT2D eigenvalue weighted by molar-refractivity contribution is 0.110. The molecule has 0 atom stereocenters. The lowest BCUT2D eigenvalue weighted by Crippen LogP contribution is -2.08. The summed E-state index contributed by atoms with van der Waals surface area (Å²) >= 11 is 6.14. The predicted molar refractivity (Wildman–Crippen MR) is 50.9 cm³/mol. The summed E-state index contributed by atoms with van der Waals surface area (Å²) in [5.74, 6) is 0. The zero-order chi connectivity index (χ0) is 9.26. The van der Waals surface area contributed by atoms with Gasteiger partial charge in [-0.1, -0.05) is 18.5 Å². The van der Waals surface area contributed by atoms with Crippen LogP contribution in [0.25, 0.3) is 0 Å². The van der Waals surface area contributed by atoms with Gasteiger partial charge in [0, 0.05) is 18.5 Å². The van der Waals surface area contributed by atoms with E-state index in [1.165, 1.54) is 0 Å². The third-order valence-electron chi connectivity index (χ3n) is 2.23. The Bertz CT molecular complexity index is 309. The number of hydrogen-bond acceptors (Lipinski definition) is 2. The van der Waals surface area contributed by atoms with Gasteiger partial charge in [0.2, 0.25) is 0 Å². The molecule has 1 aliphatic rings. The fourth-order valence-corrected chi connectivity index (χ4v) is 1.86. The van der Waals surface area contributed by atoms with E-state index in [1.807, 2.05) is 4.68 Å². The zero-order valence-corrected chi connectivity index (χ0v) is 8.47. The van der Waals surface area contributed by atoms with Gasteiger partial charge >= 0.3 is 0 Å². The molecule has 1 aromatic heterocycles. The highest BCUT2D eigenvalue weighted by Crippen LogP contribution is 2.24.